The lowest BCUT2D eigenvalue weighted by atomic mass is 9.95. The third kappa shape index (κ3) is 3.46. The summed E-state index contributed by atoms with van der Waals surface area (Å²) in [6.45, 7) is 0.550. The van der Waals surface area contributed by atoms with Crippen molar-refractivity contribution in [2.45, 2.75) is 44.4 Å². The predicted octanol–water partition coefficient (Wildman–Crippen LogP) is 3.24. The Morgan fingerprint density at radius 3 is 2.78 bits per heavy atom. The molecule has 0 radical (unpaired) electrons. The van der Waals surface area contributed by atoms with E-state index in [0.29, 0.717) is 12.6 Å². The smallest absolute Gasteiger partial charge is 0.133 e. The number of benzene rings is 1. The topological polar surface area (TPSA) is 44.5 Å². The highest BCUT2D eigenvalue weighted by atomic mass is 79.9. The second-order valence-electron chi connectivity index (χ2n) is 4.73. The molecule has 2 rings (SSSR count). The molecule has 3 nitrogen and oxygen atoms in total. The van der Waals surface area contributed by atoms with E-state index < -0.39 is 0 Å². The quantitative estimate of drug-likeness (QED) is 0.928. The number of halogens is 1. The zero-order chi connectivity index (χ0) is 13.0. The molecule has 1 aromatic rings. The number of methoxy groups -OCH3 is 1. The minimum atomic E-state index is 0.253. The summed E-state index contributed by atoms with van der Waals surface area (Å²) in [5, 5.41) is 0. The Morgan fingerprint density at radius 1 is 1.33 bits per heavy atom. The largest absolute Gasteiger partial charge is 0.489 e. The van der Waals surface area contributed by atoms with Crippen LogP contribution >= 0.6 is 15.9 Å². The van der Waals surface area contributed by atoms with Crippen LogP contribution < -0.4 is 10.5 Å². The van der Waals surface area contributed by atoms with Gasteiger partial charge in [-0.3, -0.25) is 0 Å². The van der Waals surface area contributed by atoms with Gasteiger partial charge in [0.05, 0.1) is 10.6 Å². The summed E-state index contributed by atoms with van der Waals surface area (Å²) in [7, 11) is 1.78. The second-order valence-corrected chi connectivity index (χ2v) is 5.59. The van der Waals surface area contributed by atoms with Crippen molar-refractivity contribution in [1.29, 1.82) is 0 Å². The van der Waals surface area contributed by atoms with E-state index >= 15 is 0 Å². The second kappa shape index (κ2) is 6.55. The Labute approximate surface area is 117 Å². The fourth-order valence-electron chi connectivity index (χ4n) is 2.37. The molecule has 2 atom stereocenters. The molecular weight excluding hydrogens is 294 g/mol. The molecule has 0 spiro atoms. The SMILES string of the molecule is COC1CCCC(Oc2ccc(CN)cc2Br)C1. The molecule has 2 unspecified atom stereocenters. The van der Waals surface area contributed by atoms with E-state index in [-0.39, 0.29) is 6.10 Å². The maximum atomic E-state index is 6.05. The monoisotopic (exact) mass is 313 g/mol. The van der Waals surface area contributed by atoms with Gasteiger partial charge in [0.25, 0.3) is 0 Å². The molecule has 2 N–H and O–H groups in total. The summed E-state index contributed by atoms with van der Waals surface area (Å²) in [6.07, 6.45) is 4.98. The summed E-state index contributed by atoms with van der Waals surface area (Å²) >= 11 is 3.54. The van der Waals surface area contributed by atoms with E-state index in [9.17, 15) is 0 Å². The van der Waals surface area contributed by atoms with Crippen LogP contribution in [-0.2, 0) is 11.3 Å². The lowest BCUT2D eigenvalue weighted by molar-refractivity contribution is 0.0207. The van der Waals surface area contributed by atoms with E-state index in [0.717, 1.165) is 35.0 Å². The average molecular weight is 314 g/mol. The Morgan fingerprint density at radius 2 is 2.11 bits per heavy atom. The predicted molar refractivity (Wildman–Crippen MR) is 75.7 cm³/mol. The minimum absolute atomic E-state index is 0.253. The van der Waals surface area contributed by atoms with Crippen molar-refractivity contribution < 1.29 is 9.47 Å². The van der Waals surface area contributed by atoms with Gasteiger partial charge in [-0.1, -0.05) is 6.07 Å². The van der Waals surface area contributed by atoms with E-state index in [1.165, 1.54) is 6.42 Å². The molecule has 100 valence electrons. The molecule has 4 heteroatoms. The molecule has 0 aromatic heterocycles. The number of rotatable bonds is 4. The van der Waals surface area contributed by atoms with Crippen molar-refractivity contribution in [2.75, 3.05) is 7.11 Å². The minimum Gasteiger partial charge on any atom is -0.489 e. The number of hydrogen-bond donors (Lipinski definition) is 1. The molecule has 0 bridgehead atoms. The van der Waals surface area contributed by atoms with Gasteiger partial charge in [-0.25, -0.2) is 0 Å². The molecule has 0 amide bonds. The van der Waals surface area contributed by atoms with E-state index in [1.807, 2.05) is 18.2 Å². The maximum absolute atomic E-state index is 6.05. The zero-order valence-corrected chi connectivity index (χ0v) is 12.3. The van der Waals surface area contributed by atoms with Crippen LogP contribution in [0.3, 0.4) is 0 Å². The normalized spacial score (nSPS) is 23.9. The first kappa shape index (κ1) is 13.8. The van der Waals surface area contributed by atoms with Crippen LogP contribution in [0.5, 0.6) is 5.75 Å². The zero-order valence-electron chi connectivity index (χ0n) is 10.7. The summed E-state index contributed by atoms with van der Waals surface area (Å²) < 4.78 is 12.4. The standard InChI is InChI=1S/C14H20BrNO2/c1-17-11-3-2-4-12(8-11)18-14-6-5-10(9-16)7-13(14)15/h5-7,11-12H,2-4,8-9,16H2,1H3. The summed E-state index contributed by atoms with van der Waals surface area (Å²) in [4.78, 5) is 0. The number of nitrogens with two attached hydrogens (primary N) is 1. The lowest BCUT2D eigenvalue weighted by Gasteiger charge is -2.29. The molecule has 1 fully saturated rings. The van der Waals surface area contributed by atoms with Crippen LogP contribution in [0, 0.1) is 0 Å². The maximum Gasteiger partial charge on any atom is 0.133 e. The van der Waals surface area contributed by atoms with Gasteiger partial charge < -0.3 is 15.2 Å². The molecule has 18 heavy (non-hydrogen) atoms. The lowest BCUT2D eigenvalue weighted by Crippen LogP contribution is -2.29. The van der Waals surface area contributed by atoms with Crippen molar-refractivity contribution in [3.63, 3.8) is 0 Å². The van der Waals surface area contributed by atoms with Gasteiger partial charge in [0, 0.05) is 20.1 Å². The van der Waals surface area contributed by atoms with Crippen molar-refractivity contribution >= 4 is 15.9 Å². The third-order valence-electron chi connectivity index (χ3n) is 3.44. The number of ether oxygens (including phenoxy) is 2. The van der Waals surface area contributed by atoms with Gasteiger partial charge in [-0.05, 0) is 52.9 Å². The van der Waals surface area contributed by atoms with Gasteiger partial charge in [0.2, 0.25) is 0 Å². The average Bonchev–Trinajstić information content (AvgIpc) is 2.41. The number of hydrogen-bond acceptors (Lipinski definition) is 3. The molecule has 1 aliphatic carbocycles. The fraction of sp³-hybridized carbons (Fsp3) is 0.571. The molecule has 1 aliphatic rings. The van der Waals surface area contributed by atoms with Gasteiger partial charge in [0.1, 0.15) is 11.9 Å². The van der Waals surface area contributed by atoms with Gasteiger partial charge in [-0.2, -0.15) is 0 Å². The molecule has 0 saturated heterocycles. The molecular formula is C14H20BrNO2. The molecule has 1 aromatic carbocycles. The van der Waals surface area contributed by atoms with Crippen molar-refractivity contribution in [2.24, 2.45) is 5.73 Å². The first-order valence-corrected chi connectivity index (χ1v) is 7.20. The summed E-state index contributed by atoms with van der Waals surface area (Å²) in [5.41, 5.74) is 6.72. The van der Waals surface area contributed by atoms with Crippen LogP contribution in [0.1, 0.15) is 31.2 Å². The van der Waals surface area contributed by atoms with E-state index in [2.05, 4.69) is 15.9 Å². The van der Waals surface area contributed by atoms with Crippen LogP contribution in [0.15, 0.2) is 22.7 Å². The Balaban J connectivity index is 2.00. The Hall–Kier alpha value is -0.580. The van der Waals surface area contributed by atoms with Crippen LogP contribution in [0.2, 0.25) is 0 Å². The van der Waals surface area contributed by atoms with Crippen molar-refractivity contribution in [1.82, 2.24) is 0 Å². The van der Waals surface area contributed by atoms with Crippen LogP contribution in [0.4, 0.5) is 0 Å². The highest BCUT2D eigenvalue weighted by Gasteiger charge is 2.23. The summed E-state index contributed by atoms with van der Waals surface area (Å²) in [6, 6.07) is 6.02. The van der Waals surface area contributed by atoms with Gasteiger partial charge in [0.15, 0.2) is 0 Å². The summed E-state index contributed by atoms with van der Waals surface area (Å²) in [5.74, 6) is 0.897. The van der Waals surface area contributed by atoms with E-state index in [1.54, 1.807) is 7.11 Å². The van der Waals surface area contributed by atoms with E-state index in [4.69, 9.17) is 15.2 Å². The Kier molecular flexibility index (Phi) is 5.03. The van der Waals surface area contributed by atoms with Crippen LogP contribution in [-0.4, -0.2) is 19.3 Å². The van der Waals surface area contributed by atoms with Gasteiger partial charge >= 0.3 is 0 Å². The molecule has 0 heterocycles. The third-order valence-corrected chi connectivity index (χ3v) is 4.06. The Bertz CT molecular complexity index is 397. The molecule has 0 aliphatic heterocycles. The van der Waals surface area contributed by atoms with Crippen molar-refractivity contribution in [3.8, 4) is 5.75 Å². The van der Waals surface area contributed by atoms with Crippen molar-refractivity contribution in [3.05, 3.63) is 28.2 Å². The first-order valence-electron chi connectivity index (χ1n) is 6.41. The van der Waals surface area contributed by atoms with Gasteiger partial charge in [-0.15, -0.1) is 0 Å². The highest BCUT2D eigenvalue weighted by Crippen LogP contribution is 2.30. The highest BCUT2D eigenvalue weighted by molar-refractivity contribution is 9.10. The molecule has 1 saturated carbocycles. The van der Waals surface area contributed by atoms with Crippen LogP contribution in [0.25, 0.3) is 0 Å². The fourth-order valence-corrected chi connectivity index (χ4v) is 2.89. The first-order chi connectivity index (χ1) is 8.72.